The van der Waals surface area contributed by atoms with Gasteiger partial charge in [-0.05, 0) is 34.6 Å². The third kappa shape index (κ3) is 7.89. The van der Waals surface area contributed by atoms with Gasteiger partial charge >= 0.3 is 11.9 Å². The molecule has 192 valence electrons. The minimum atomic E-state index is -0.946. The van der Waals surface area contributed by atoms with Crippen molar-refractivity contribution < 1.29 is 23.9 Å². The molecule has 1 aromatic rings. The van der Waals surface area contributed by atoms with Crippen molar-refractivity contribution in [1.29, 1.82) is 0 Å². The predicted molar refractivity (Wildman–Crippen MR) is 138 cm³/mol. The van der Waals surface area contributed by atoms with Crippen LogP contribution in [0.25, 0.3) is 0 Å². The van der Waals surface area contributed by atoms with E-state index in [-0.39, 0.29) is 44.1 Å². The van der Waals surface area contributed by atoms with E-state index in [1.165, 1.54) is 6.20 Å². The number of nitrogens with one attached hydrogen (secondary N) is 1. The quantitative estimate of drug-likeness (QED) is 0.369. The van der Waals surface area contributed by atoms with Crippen LogP contribution in [0.15, 0.2) is 6.20 Å². The third-order valence-electron chi connectivity index (χ3n) is 5.74. The van der Waals surface area contributed by atoms with E-state index in [0.717, 1.165) is 0 Å². The highest BCUT2D eigenvalue weighted by atomic mass is 16.5. The smallest absolute Gasteiger partial charge is 0.317 e. The number of rotatable bonds is 11. The second kappa shape index (κ2) is 12.3. The van der Waals surface area contributed by atoms with Gasteiger partial charge in [0.25, 0.3) is 0 Å². The molecule has 0 bridgehead atoms. The van der Waals surface area contributed by atoms with E-state index in [1.807, 2.05) is 0 Å². The predicted octanol–water partition coefficient (Wildman–Crippen LogP) is 4.10. The number of esters is 2. The van der Waals surface area contributed by atoms with Crippen molar-refractivity contribution in [1.82, 2.24) is 10.3 Å². The molecule has 7 nitrogen and oxygen atoms in total. The fourth-order valence-electron chi connectivity index (χ4n) is 3.10. The zero-order valence-corrected chi connectivity index (χ0v) is 22.3. The van der Waals surface area contributed by atoms with Gasteiger partial charge in [-0.3, -0.25) is 19.4 Å². The van der Waals surface area contributed by atoms with Gasteiger partial charge < -0.3 is 14.8 Å². The second-order valence-electron chi connectivity index (χ2n) is 10.6. The van der Waals surface area contributed by atoms with E-state index in [9.17, 15) is 14.4 Å². The summed E-state index contributed by atoms with van der Waals surface area (Å²) in [5.41, 5.74) is -1.28. The lowest BCUT2D eigenvalue weighted by molar-refractivity contribution is -0.155. The highest BCUT2D eigenvalue weighted by Gasteiger charge is 2.32. The molecular formula is C29H36N2O5. The molecule has 0 radical (unpaired) electrons. The molecule has 1 heterocycles. The number of terminal acetylenes is 3. The summed E-state index contributed by atoms with van der Waals surface area (Å²) in [5, 5.41) is 2.85. The van der Waals surface area contributed by atoms with Crippen LogP contribution < -0.4 is 10.1 Å². The van der Waals surface area contributed by atoms with Crippen molar-refractivity contribution in [2.75, 3.05) is 0 Å². The lowest BCUT2D eigenvalue weighted by atomic mass is 9.88. The molecule has 0 unspecified atom stereocenters. The van der Waals surface area contributed by atoms with Crippen LogP contribution >= 0.6 is 0 Å². The summed E-state index contributed by atoms with van der Waals surface area (Å²) in [4.78, 5) is 42.7. The fourth-order valence-corrected chi connectivity index (χ4v) is 3.10. The first-order valence-corrected chi connectivity index (χ1v) is 11.6. The first-order chi connectivity index (χ1) is 16.6. The highest BCUT2D eigenvalue weighted by Crippen LogP contribution is 2.31. The van der Waals surface area contributed by atoms with Crippen molar-refractivity contribution in [3.8, 4) is 42.8 Å². The number of carbonyl (C=O) groups excluding carboxylic acids is 3. The van der Waals surface area contributed by atoms with Gasteiger partial charge in [-0.15, -0.1) is 37.0 Å². The SMILES string of the molecule is C#CCC(C)(C)C(=O)NCc1c(COC(=O)C(C)(C)CC#C)cnc(C)c1OC(=O)C(C)(C)CC#C. The van der Waals surface area contributed by atoms with E-state index in [4.69, 9.17) is 28.7 Å². The number of hydrogen-bond acceptors (Lipinski definition) is 6. The topological polar surface area (TPSA) is 94.6 Å². The van der Waals surface area contributed by atoms with Crippen LogP contribution in [-0.4, -0.2) is 22.8 Å². The Morgan fingerprint density at radius 2 is 1.39 bits per heavy atom. The number of hydrogen-bond donors (Lipinski definition) is 1. The standard InChI is InChI=1S/C29H36N2O5/c1-11-14-27(5,6)24(32)31-18-22-21(19-35-25(33)28(7,8)15-12-2)17-30-20(4)23(22)36-26(34)29(9,10)16-13-3/h1-3,17H,14-16,18-19H2,4-10H3,(H,31,32). The van der Waals surface area contributed by atoms with E-state index >= 15 is 0 Å². The summed E-state index contributed by atoms with van der Waals surface area (Å²) >= 11 is 0. The molecule has 0 spiro atoms. The van der Waals surface area contributed by atoms with Crippen molar-refractivity contribution in [2.24, 2.45) is 16.2 Å². The van der Waals surface area contributed by atoms with Crippen molar-refractivity contribution in [2.45, 2.75) is 80.9 Å². The number of nitrogens with zero attached hydrogens (tertiary/aromatic N) is 1. The Bertz CT molecular complexity index is 1120. The molecule has 0 saturated heterocycles. The van der Waals surface area contributed by atoms with Crippen LogP contribution in [0.1, 0.15) is 77.6 Å². The van der Waals surface area contributed by atoms with Gasteiger partial charge in [-0.25, -0.2) is 0 Å². The van der Waals surface area contributed by atoms with Crippen LogP contribution in [0, 0.1) is 60.2 Å². The number of amides is 1. The lowest BCUT2D eigenvalue weighted by Crippen LogP contribution is -2.37. The molecule has 0 aliphatic carbocycles. The van der Waals surface area contributed by atoms with Gasteiger partial charge in [0.1, 0.15) is 6.61 Å². The van der Waals surface area contributed by atoms with Gasteiger partial charge in [0.05, 0.1) is 21.9 Å². The number of ether oxygens (including phenoxy) is 2. The molecule has 0 atom stereocenters. The maximum absolute atomic E-state index is 12.9. The molecule has 0 aromatic carbocycles. The van der Waals surface area contributed by atoms with Crippen LogP contribution in [-0.2, 0) is 32.3 Å². The minimum absolute atomic E-state index is 0.00495. The Balaban J connectivity index is 3.40. The summed E-state index contributed by atoms with van der Waals surface area (Å²) in [7, 11) is 0. The van der Waals surface area contributed by atoms with Gasteiger partial charge in [0, 0.05) is 43.1 Å². The molecule has 0 fully saturated rings. The number of carbonyl (C=O) groups is 3. The maximum Gasteiger partial charge on any atom is 0.317 e. The van der Waals surface area contributed by atoms with Crippen LogP contribution in [0.2, 0.25) is 0 Å². The summed E-state index contributed by atoms with van der Waals surface area (Å²) in [6, 6.07) is 0. The van der Waals surface area contributed by atoms with E-state index < -0.39 is 28.2 Å². The van der Waals surface area contributed by atoms with E-state index in [0.29, 0.717) is 16.8 Å². The molecule has 7 heteroatoms. The highest BCUT2D eigenvalue weighted by molar-refractivity contribution is 5.82. The Morgan fingerprint density at radius 3 is 1.92 bits per heavy atom. The molecule has 0 saturated carbocycles. The van der Waals surface area contributed by atoms with Gasteiger partial charge in [-0.2, -0.15) is 0 Å². The average molecular weight is 493 g/mol. The second-order valence-corrected chi connectivity index (χ2v) is 10.6. The molecule has 1 N–H and O–H groups in total. The molecule has 0 aliphatic rings. The van der Waals surface area contributed by atoms with Crippen LogP contribution in [0.4, 0.5) is 0 Å². The van der Waals surface area contributed by atoms with Gasteiger partial charge in [0.2, 0.25) is 5.91 Å². The minimum Gasteiger partial charge on any atom is -0.460 e. The van der Waals surface area contributed by atoms with Crippen molar-refractivity contribution in [3.63, 3.8) is 0 Å². The molecule has 0 aliphatic heterocycles. The number of aromatic nitrogens is 1. The normalized spacial score (nSPS) is 11.4. The average Bonchev–Trinajstić information content (AvgIpc) is 2.77. The largest absolute Gasteiger partial charge is 0.460 e. The molecule has 36 heavy (non-hydrogen) atoms. The molecule has 1 aromatic heterocycles. The summed E-state index contributed by atoms with van der Waals surface area (Å²) in [5.74, 6) is 6.32. The lowest BCUT2D eigenvalue weighted by Gasteiger charge is -2.25. The Morgan fingerprint density at radius 1 is 0.889 bits per heavy atom. The first kappa shape index (κ1) is 30.3. The molecular weight excluding hydrogens is 456 g/mol. The monoisotopic (exact) mass is 492 g/mol. The zero-order chi connectivity index (χ0) is 27.7. The molecule has 1 amide bonds. The van der Waals surface area contributed by atoms with Crippen molar-refractivity contribution in [3.05, 3.63) is 23.0 Å². The fraction of sp³-hybridized carbons (Fsp3) is 0.517. The Kier molecular flexibility index (Phi) is 10.3. The van der Waals surface area contributed by atoms with Crippen LogP contribution in [0.3, 0.4) is 0 Å². The zero-order valence-electron chi connectivity index (χ0n) is 22.3. The Labute approximate surface area is 215 Å². The number of aryl methyl sites for hydroxylation is 1. The number of pyridine rings is 1. The summed E-state index contributed by atoms with van der Waals surface area (Å²) in [6.07, 6.45) is 18.3. The first-order valence-electron chi connectivity index (χ1n) is 11.6. The van der Waals surface area contributed by atoms with Gasteiger partial charge in [-0.1, -0.05) is 13.8 Å². The Hall–Kier alpha value is -3.76. The van der Waals surface area contributed by atoms with E-state index in [1.54, 1.807) is 48.5 Å². The summed E-state index contributed by atoms with van der Waals surface area (Å²) < 4.78 is 11.3. The van der Waals surface area contributed by atoms with E-state index in [2.05, 4.69) is 28.1 Å². The van der Waals surface area contributed by atoms with Gasteiger partial charge in [0.15, 0.2) is 5.75 Å². The molecule has 1 rings (SSSR count). The van der Waals surface area contributed by atoms with Crippen molar-refractivity contribution >= 4 is 17.8 Å². The maximum atomic E-state index is 12.9. The van der Waals surface area contributed by atoms with Crippen LogP contribution in [0.5, 0.6) is 5.75 Å². The third-order valence-corrected chi connectivity index (χ3v) is 5.74. The summed E-state index contributed by atoms with van der Waals surface area (Å²) in [6.45, 7) is 11.7.